The van der Waals surface area contributed by atoms with Crippen LogP contribution in [-0.4, -0.2) is 8.97 Å². The molecule has 5 aromatic heterocycles. The van der Waals surface area contributed by atoms with E-state index in [1.54, 1.807) is 0 Å². The van der Waals surface area contributed by atoms with Crippen molar-refractivity contribution in [1.29, 1.82) is 0 Å². The Bertz CT molecular complexity index is 3740. The largest absolute Gasteiger partial charge is 0.456 e. The van der Waals surface area contributed by atoms with Crippen molar-refractivity contribution in [3.05, 3.63) is 157 Å². The second kappa shape index (κ2) is 7.83. The molecule has 0 bridgehead atoms. The summed E-state index contributed by atoms with van der Waals surface area (Å²) in [5.41, 5.74) is 7.68. The number of benzene rings is 6. The van der Waals surface area contributed by atoms with Crippen LogP contribution >= 0.6 is 0 Å². The maximum atomic E-state index is 7.15. The zero-order chi connectivity index (χ0) is 33.2. The van der Waals surface area contributed by atoms with Crippen LogP contribution in [0.3, 0.4) is 0 Å². The van der Waals surface area contributed by atoms with E-state index in [0.717, 1.165) is 17.3 Å². The first kappa shape index (κ1) is 25.0. The highest BCUT2D eigenvalue weighted by Gasteiger charge is 2.63. The third-order valence-electron chi connectivity index (χ3n) is 12.8. The predicted octanol–water partition coefficient (Wildman–Crippen LogP) is 10.00. The summed E-state index contributed by atoms with van der Waals surface area (Å²) >= 11 is 0. The van der Waals surface area contributed by atoms with Crippen LogP contribution in [0.25, 0.3) is 98.2 Å². The summed E-state index contributed by atoms with van der Waals surface area (Å²) in [6.45, 7) is 0. The third kappa shape index (κ3) is 2.32. The molecule has 0 N–H and O–H groups in total. The van der Waals surface area contributed by atoms with Gasteiger partial charge in [0.05, 0.1) is 17.8 Å². The molecule has 5 nitrogen and oxygen atoms in total. The van der Waals surface area contributed by atoms with Crippen molar-refractivity contribution in [1.82, 2.24) is 8.97 Å². The van der Waals surface area contributed by atoms with Gasteiger partial charge in [-0.1, -0.05) is 66.7 Å². The van der Waals surface area contributed by atoms with E-state index in [4.69, 9.17) is 4.74 Å². The van der Waals surface area contributed by atoms with E-state index in [1.807, 2.05) is 0 Å². The van der Waals surface area contributed by atoms with Crippen molar-refractivity contribution in [3.63, 3.8) is 0 Å². The molecule has 0 saturated carbocycles. The van der Waals surface area contributed by atoms with Gasteiger partial charge in [0.15, 0.2) is 11.0 Å². The lowest BCUT2D eigenvalue weighted by atomic mass is 9.80. The van der Waals surface area contributed by atoms with Crippen LogP contribution in [0, 0.1) is 0 Å². The molecule has 0 radical (unpaired) electrons. The van der Waals surface area contributed by atoms with Crippen LogP contribution < -0.4 is 13.9 Å². The number of pyridine rings is 3. The van der Waals surface area contributed by atoms with E-state index in [-0.39, 0.29) is 0 Å². The number of nitrogens with zero attached hydrogens (tertiary/aromatic N) is 4. The van der Waals surface area contributed by atoms with Gasteiger partial charge in [-0.25, -0.2) is 0 Å². The van der Waals surface area contributed by atoms with Crippen molar-refractivity contribution in [2.75, 3.05) is 0 Å². The lowest BCUT2D eigenvalue weighted by Gasteiger charge is -2.40. The van der Waals surface area contributed by atoms with Crippen molar-refractivity contribution >= 4 is 92.3 Å². The molecule has 7 aromatic carbocycles. The molecule has 1 unspecified atom stereocenters. The lowest BCUT2D eigenvalue weighted by molar-refractivity contribution is -0.960. The van der Waals surface area contributed by atoms with Crippen LogP contribution in [0.5, 0.6) is 11.5 Å². The summed E-state index contributed by atoms with van der Waals surface area (Å²) in [6, 6.07) is 49.6. The van der Waals surface area contributed by atoms with Crippen LogP contribution in [-0.2, 0) is 5.66 Å². The van der Waals surface area contributed by atoms with Gasteiger partial charge in [0.25, 0.3) is 11.5 Å². The van der Waals surface area contributed by atoms with Crippen molar-refractivity contribution in [2.45, 2.75) is 5.66 Å². The Labute approximate surface area is 294 Å². The molecule has 3 aliphatic rings. The van der Waals surface area contributed by atoms with Gasteiger partial charge in [-0.15, -0.1) is 0 Å². The monoisotopic (exact) mass is 660 g/mol. The lowest BCUT2D eigenvalue weighted by Crippen LogP contribution is -2.78. The fourth-order valence-electron chi connectivity index (χ4n) is 11.1. The maximum absolute atomic E-state index is 7.15. The Hall–Kier alpha value is -6.98. The van der Waals surface area contributed by atoms with Gasteiger partial charge in [0, 0.05) is 43.8 Å². The van der Waals surface area contributed by atoms with E-state index < -0.39 is 5.66 Å². The number of aromatic nitrogens is 4. The second-order valence-corrected chi connectivity index (χ2v) is 14.8. The van der Waals surface area contributed by atoms with Crippen LogP contribution in [0.4, 0.5) is 0 Å². The average molecular weight is 661 g/mol. The number of rotatable bonds is 0. The fraction of sp³-hybridized carbons (Fsp3) is 0.0213. The SMILES string of the molecule is c1cc[n+]2c(c1)-n1c3ccccc3c3ccc4c(c31)C21c2c(ccc3c5c6ccccc6c6cccc7ccc8c9ccc[n+]1c9n(c23)c8c5c76)O4. The van der Waals surface area contributed by atoms with Gasteiger partial charge in [-0.05, 0) is 82.2 Å². The Morgan fingerprint density at radius 3 is 2.06 bits per heavy atom. The highest BCUT2D eigenvalue weighted by molar-refractivity contribution is 6.40. The van der Waals surface area contributed by atoms with Gasteiger partial charge < -0.3 is 4.74 Å². The zero-order valence-corrected chi connectivity index (χ0v) is 27.6. The molecular weight excluding hydrogens is 637 g/mol. The Morgan fingerprint density at radius 2 is 1.13 bits per heavy atom. The Balaban J connectivity index is 1.32. The molecule has 236 valence electrons. The first-order valence-corrected chi connectivity index (χ1v) is 18.0. The topological polar surface area (TPSA) is 26.3 Å². The van der Waals surface area contributed by atoms with Crippen LogP contribution in [0.2, 0.25) is 0 Å². The maximum Gasteiger partial charge on any atom is 0.321 e. The van der Waals surface area contributed by atoms with Gasteiger partial charge in [-0.2, -0.15) is 18.1 Å². The fourth-order valence-corrected chi connectivity index (χ4v) is 11.1. The highest BCUT2D eigenvalue weighted by atomic mass is 16.5. The number of hydrogen-bond donors (Lipinski definition) is 0. The number of ether oxygens (including phenoxy) is 1. The van der Waals surface area contributed by atoms with Crippen molar-refractivity contribution in [2.24, 2.45) is 0 Å². The molecule has 12 aromatic rings. The van der Waals surface area contributed by atoms with Crippen LogP contribution in [0.1, 0.15) is 11.1 Å². The first-order valence-electron chi connectivity index (χ1n) is 18.0. The molecule has 0 amide bonds. The summed E-state index contributed by atoms with van der Waals surface area (Å²) in [5.74, 6) is 2.93. The molecule has 5 heteroatoms. The minimum absolute atomic E-state index is 0.764. The first-order chi connectivity index (χ1) is 25.8. The molecule has 0 aliphatic carbocycles. The Morgan fingerprint density at radius 1 is 0.442 bits per heavy atom. The van der Waals surface area contributed by atoms with Crippen LogP contribution in [0.15, 0.2) is 146 Å². The number of para-hydroxylation sites is 1. The standard InChI is InChI=1S/C47H24N4O/c1-2-12-29-26(10-1)28-13-7-9-25-17-18-31-32-14-8-24-49-46(32)51-43(31)40(38(25)28)39(29)33-20-22-36-42(45(33)51)47(49)41-35(52-36)21-19-30-27-11-3-4-15-34(27)50(44(30)41)37-16-5-6-23-48(37)47/h1-24H/q+2. The van der Waals surface area contributed by atoms with E-state index >= 15 is 0 Å². The average Bonchev–Trinajstić information content (AvgIpc) is 3.65. The Kier molecular flexibility index (Phi) is 3.77. The normalized spacial score (nSPS) is 16.7. The van der Waals surface area contributed by atoms with Crippen molar-refractivity contribution < 1.29 is 13.9 Å². The van der Waals surface area contributed by atoms with E-state index in [1.165, 1.54) is 103 Å². The summed E-state index contributed by atoms with van der Waals surface area (Å²) < 4.78 is 17.3. The van der Waals surface area contributed by atoms with Crippen molar-refractivity contribution in [3.8, 4) is 17.3 Å². The summed E-state index contributed by atoms with van der Waals surface area (Å²) in [7, 11) is 0. The minimum atomic E-state index is -0.764. The summed E-state index contributed by atoms with van der Waals surface area (Å²) in [4.78, 5) is 0. The smallest absolute Gasteiger partial charge is 0.321 e. The molecular formula is C47H24N4O+2. The third-order valence-corrected chi connectivity index (χ3v) is 12.8. The second-order valence-electron chi connectivity index (χ2n) is 14.8. The predicted molar refractivity (Wildman–Crippen MR) is 206 cm³/mol. The quantitative estimate of drug-likeness (QED) is 0.118. The molecule has 1 atom stereocenters. The van der Waals surface area contributed by atoms with Gasteiger partial charge >= 0.3 is 5.66 Å². The van der Waals surface area contributed by atoms with Gasteiger partial charge in [0.2, 0.25) is 0 Å². The summed E-state index contributed by atoms with van der Waals surface area (Å²) in [6.07, 6.45) is 4.59. The summed E-state index contributed by atoms with van der Waals surface area (Å²) in [5, 5.41) is 15.3. The molecule has 0 fully saturated rings. The van der Waals surface area contributed by atoms with E-state index in [9.17, 15) is 0 Å². The molecule has 1 spiro atoms. The minimum Gasteiger partial charge on any atom is -0.456 e. The van der Waals surface area contributed by atoms with E-state index in [0.29, 0.717) is 0 Å². The highest BCUT2D eigenvalue weighted by Crippen LogP contribution is 2.57. The number of hydrogen-bond acceptors (Lipinski definition) is 1. The molecule has 52 heavy (non-hydrogen) atoms. The number of fused-ring (bicyclic) bond motifs is 10. The van der Waals surface area contributed by atoms with E-state index in [2.05, 4.69) is 164 Å². The molecule has 15 rings (SSSR count). The van der Waals surface area contributed by atoms with Gasteiger partial charge in [0.1, 0.15) is 33.7 Å². The molecule has 8 heterocycles. The molecule has 3 aliphatic heterocycles. The molecule has 0 saturated heterocycles. The van der Waals surface area contributed by atoms with Gasteiger partial charge in [-0.3, -0.25) is 0 Å². The zero-order valence-electron chi connectivity index (χ0n) is 27.6.